The van der Waals surface area contributed by atoms with Crippen LogP contribution >= 0.6 is 0 Å². The van der Waals surface area contributed by atoms with E-state index in [9.17, 15) is 14.4 Å². The van der Waals surface area contributed by atoms with Gasteiger partial charge in [-0.2, -0.15) is 0 Å². The van der Waals surface area contributed by atoms with Crippen LogP contribution in [-0.4, -0.2) is 47.8 Å². The fourth-order valence-electron chi connectivity index (χ4n) is 2.59. The molecule has 0 aliphatic heterocycles. The summed E-state index contributed by atoms with van der Waals surface area (Å²) in [6.07, 6.45) is 0. The minimum Gasteiger partial charge on any atom is -0.464 e. The number of hydrogen-bond donors (Lipinski definition) is 0. The Kier molecular flexibility index (Phi) is 5.52. The molecular formula is C16H24N2O4. The Hall–Kier alpha value is -2.11. The number of hydrogen-bond acceptors (Lipinski definition) is 4. The zero-order valence-corrected chi connectivity index (χ0v) is 14.3. The van der Waals surface area contributed by atoms with E-state index in [1.54, 1.807) is 46.4 Å². The van der Waals surface area contributed by atoms with Gasteiger partial charge in [-0.15, -0.1) is 0 Å². The van der Waals surface area contributed by atoms with Gasteiger partial charge in [-0.25, -0.2) is 4.79 Å². The second-order valence-electron chi connectivity index (χ2n) is 5.76. The highest BCUT2D eigenvalue weighted by molar-refractivity contribution is 6.04. The van der Waals surface area contributed by atoms with E-state index in [1.807, 2.05) is 0 Å². The molecule has 6 heteroatoms. The largest absolute Gasteiger partial charge is 0.464 e. The molecule has 0 atom stereocenters. The molecule has 0 saturated heterocycles. The van der Waals surface area contributed by atoms with Crippen LogP contribution in [0.4, 0.5) is 0 Å². The van der Waals surface area contributed by atoms with Crippen LogP contribution in [0.25, 0.3) is 0 Å². The SMILES string of the molecule is COC(=O)c1c(C)c(C(=O)CN(C)C(=O)C(C)C)c(C)n1C. The first-order valence-electron chi connectivity index (χ1n) is 7.15. The number of rotatable bonds is 5. The van der Waals surface area contributed by atoms with Crippen molar-refractivity contribution in [1.29, 1.82) is 0 Å². The van der Waals surface area contributed by atoms with Gasteiger partial charge >= 0.3 is 5.97 Å². The highest BCUT2D eigenvalue weighted by atomic mass is 16.5. The molecule has 0 N–H and O–H groups in total. The average molecular weight is 308 g/mol. The standard InChI is InChI=1S/C16H24N2O4/c1-9(2)15(20)17(5)8-12(19)13-10(3)14(16(21)22-7)18(6)11(13)4/h9H,8H2,1-7H3. The molecule has 6 nitrogen and oxygen atoms in total. The topological polar surface area (TPSA) is 68.6 Å². The van der Waals surface area contributed by atoms with E-state index in [0.29, 0.717) is 22.5 Å². The van der Waals surface area contributed by atoms with E-state index >= 15 is 0 Å². The van der Waals surface area contributed by atoms with Gasteiger partial charge < -0.3 is 14.2 Å². The normalized spacial score (nSPS) is 10.7. The third-order valence-corrected chi connectivity index (χ3v) is 3.84. The maximum atomic E-state index is 12.5. The monoisotopic (exact) mass is 308 g/mol. The fourth-order valence-corrected chi connectivity index (χ4v) is 2.59. The van der Waals surface area contributed by atoms with Crippen LogP contribution in [0.2, 0.25) is 0 Å². The van der Waals surface area contributed by atoms with Gasteiger partial charge in [-0.1, -0.05) is 13.8 Å². The summed E-state index contributed by atoms with van der Waals surface area (Å²) in [7, 11) is 4.63. The summed E-state index contributed by atoms with van der Waals surface area (Å²) in [5.74, 6) is -0.916. The summed E-state index contributed by atoms with van der Waals surface area (Å²) in [6, 6.07) is 0. The second kappa shape index (κ2) is 6.77. The molecule has 0 bridgehead atoms. The number of methoxy groups -OCH3 is 1. The van der Waals surface area contributed by atoms with Crippen molar-refractivity contribution in [2.45, 2.75) is 27.7 Å². The number of carbonyl (C=O) groups excluding carboxylic acids is 3. The van der Waals surface area contributed by atoms with E-state index in [0.717, 1.165) is 0 Å². The van der Waals surface area contributed by atoms with Gasteiger partial charge in [0.05, 0.1) is 13.7 Å². The van der Waals surface area contributed by atoms with E-state index < -0.39 is 5.97 Å². The molecule has 0 aromatic carbocycles. The second-order valence-corrected chi connectivity index (χ2v) is 5.76. The fraction of sp³-hybridized carbons (Fsp3) is 0.562. The van der Waals surface area contributed by atoms with Crippen molar-refractivity contribution in [2.24, 2.45) is 13.0 Å². The van der Waals surface area contributed by atoms with E-state index in [2.05, 4.69) is 0 Å². The zero-order valence-electron chi connectivity index (χ0n) is 14.3. The number of nitrogens with zero attached hydrogens (tertiary/aromatic N) is 2. The number of Topliss-reactive ketones (excluding diaryl/α,β-unsaturated/α-hetero) is 1. The van der Waals surface area contributed by atoms with Crippen molar-refractivity contribution < 1.29 is 19.1 Å². The first-order chi connectivity index (χ1) is 10.1. The molecule has 0 aliphatic rings. The number of ketones is 1. The molecule has 0 aliphatic carbocycles. The summed E-state index contributed by atoms with van der Waals surface area (Å²) >= 11 is 0. The number of carbonyl (C=O) groups is 3. The summed E-state index contributed by atoms with van der Waals surface area (Å²) < 4.78 is 6.41. The van der Waals surface area contributed by atoms with Crippen molar-refractivity contribution in [3.63, 3.8) is 0 Å². The Labute approximate surface area is 131 Å². The maximum absolute atomic E-state index is 12.5. The molecule has 122 valence electrons. The number of likely N-dealkylation sites (N-methyl/N-ethyl adjacent to an activating group) is 1. The minimum atomic E-state index is -0.478. The highest BCUT2D eigenvalue weighted by Gasteiger charge is 2.26. The molecule has 0 radical (unpaired) electrons. The van der Waals surface area contributed by atoms with E-state index in [1.165, 1.54) is 12.0 Å². The summed E-state index contributed by atoms with van der Waals surface area (Å²) in [4.78, 5) is 37.7. The van der Waals surface area contributed by atoms with Crippen LogP contribution in [0.3, 0.4) is 0 Å². The lowest BCUT2D eigenvalue weighted by molar-refractivity contribution is -0.132. The predicted octanol–water partition coefficient (Wildman–Crippen LogP) is 1.73. The van der Waals surface area contributed by atoms with Crippen LogP contribution in [0.15, 0.2) is 0 Å². The first kappa shape index (κ1) is 17.9. The number of ether oxygens (including phenoxy) is 1. The average Bonchev–Trinajstić information content (AvgIpc) is 2.67. The quantitative estimate of drug-likeness (QED) is 0.613. The molecule has 0 fully saturated rings. The molecule has 22 heavy (non-hydrogen) atoms. The molecule has 1 heterocycles. The van der Waals surface area contributed by atoms with Crippen LogP contribution in [0, 0.1) is 19.8 Å². The zero-order chi connectivity index (χ0) is 17.2. The van der Waals surface area contributed by atoms with Crippen molar-refractivity contribution in [3.05, 3.63) is 22.5 Å². The van der Waals surface area contributed by atoms with Crippen LogP contribution in [0.5, 0.6) is 0 Å². The van der Waals surface area contributed by atoms with Gasteiger partial charge in [0.1, 0.15) is 5.69 Å². The molecule has 1 rings (SSSR count). The molecule has 1 aromatic rings. The molecular weight excluding hydrogens is 284 g/mol. The van der Waals surface area contributed by atoms with E-state index in [4.69, 9.17) is 4.74 Å². The van der Waals surface area contributed by atoms with Gasteiger partial charge in [0.2, 0.25) is 5.91 Å². The number of esters is 1. The molecule has 0 unspecified atom stereocenters. The lowest BCUT2D eigenvalue weighted by Crippen LogP contribution is -2.35. The van der Waals surface area contributed by atoms with Crippen molar-refractivity contribution in [3.8, 4) is 0 Å². The Balaban J connectivity index is 3.15. The number of amides is 1. The summed E-state index contributed by atoms with van der Waals surface area (Å²) in [5.41, 5.74) is 2.11. The Morgan fingerprint density at radius 1 is 1.23 bits per heavy atom. The van der Waals surface area contributed by atoms with Crippen LogP contribution < -0.4 is 0 Å². The number of aromatic nitrogens is 1. The Morgan fingerprint density at radius 3 is 2.23 bits per heavy atom. The first-order valence-corrected chi connectivity index (χ1v) is 7.15. The smallest absolute Gasteiger partial charge is 0.354 e. The molecule has 0 spiro atoms. The summed E-state index contributed by atoms with van der Waals surface area (Å²) in [6.45, 7) is 7.06. The highest BCUT2D eigenvalue weighted by Crippen LogP contribution is 2.22. The van der Waals surface area contributed by atoms with Gasteiger partial charge in [0, 0.05) is 31.3 Å². The summed E-state index contributed by atoms with van der Waals surface area (Å²) in [5, 5.41) is 0. The van der Waals surface area contributed by atoms with Crippen LogP contribution in [-0.2, 0) is 16.6 Å². The van der Waals surface area contributed by atoms with Gasteiger partial charge in [-0.3, -0.25) is 9.59 Å². The van der Waals surface area contributed by atoms with Gasteiger partial charge in [-0.05, 0) is 19.4 Å². The molecule has 1 amide bonds. The Bertz CT molecular complexity index is 614. The third-order valence-electron chi connectivity index (χ3n) is 3.84. The van der Waals surface area contributed by atoms with Gasteiger partial charge in [0.25, 0.3) is 0 Å². The lowest BCUT2D eigenvalue weighted by atomic mass is 10.0. The Morgan fingerprint density at radius 2 is 1.77 bits per heavy atom. The van der Waals surface area contributed by atoms with E-state index in [-0.39, 0.29) is 24.2 Å². The maximum Gasteiger partial charge on any atom is 0.354 e. The molecule has 1 aromatic heterocycles. The van der Waals surface area contributed by atoms with Gasteiger partial charge in [0.15, 0.2) is 5.78 Å². The minimum absolute atomic E-state index is 0.0106. The van der Waals surface area contributed by atoms with Crippen molar-refractivity contribution in [2.75, 3.05) is 20.7 Å². The third kappa shape index (κ3) is 3.21. The lowest BCUT2D eigenvalue weighted by Gasteiger charge is -2.18. The molecule has 0 saturated carbocycles. The predicted molar refractivity (Wildman–Crippen MR) is 83.0 cm³/mol. The van der Waals surface area contributed by atoms with Crippen molar-refractivity contribution >= 4 is 17.7 Å². The van der Waals surface area contributed by atoms with Crippen LogP contribution in [0.1, 0.15) is 46.0 Å². The van der Waals surface area contributed by atoms with Crippen molar-refractivity contribution in [1.82, 2.24) is 9.47 Å².